The Kier molecular flexibility index (Phi) is 4.76. The van der Waals surface area contributed by atoms with Crippen LogP contribution in [0.1, 0.15) is 19.8 Å². The van der Waals surface area contributed by atoms with Crippen molar-refractivity contribution in [3.8, 4) is 0 Å². The van der Waals surface area contributed by atoms with E-state index < -0.39 is 6.04 Å². The summed E-state index contributed by atoms with van der Waals surface area (Å²) >= 11 is 0. The van der Waals surface area contributed by atoms with Crippen LogP contribution < -0.4 is 5.32 Å². The van der Waals surface area contributed by atoms with Crippen LogP contribution in [0, 0.1) is 0 Å². The van der Waals surface area contributed by atoms with E-state index in [9.17, 15) is 9.59 Å². The number of hydrogen-bond acceptors (Lipinski definition) is 5. The second-order valence-electron chi connectivity index (χ2n) is 5.34. The maximum absolute atomic E-state index is 11.6. The predicted molar refractivity (Wildman–Crippen MR) is 70.7 cm³/mol. The lowest BCUT2D eigenvalue weighted by molar-refractivity contribution is -0.145. The van der Waals surface area contributed by atoms with Crippen molar-refractivity contribution in [2.45, 2.75) is 31.8 Å². The lowest BCUT2D eigenvalue weighted by atomic mass is 10.2. The molecule has 6 heteroatoms. The number of carbonyl (C=O) groups is 2. The Balaban J connectivity index is 1.80. The Bertz CT molecular complexity index is 336. The summed E-state index contributed by atoms with van der Waals surface area (Å²) in [4.78, 5) is 27.5. The normalized spacial score (nSPS) is 22.8. The van der Waals surface area contributed by atoms with E-state index >= 15 is 0 Å². The monoisotopic (exact) mass is 269 g/mol. The molecular weight excluding hydrogens is 246 g/mol. The summed E-state index contributed by atoms with van der Waals surface area (Å²) in [6.07, 6.45) is 2.66. The molecule has 0 aromatic heterocycles. The van der Waals surface area contributed by atoms with Crippen LogP contribution in [0.3, 0.4) is 0 Å². The van der Waals surface area contributed by atoms with E-state index in [1.807, 2.05) is 0 Å². The van der Waals surface area contributed by atoms with Crippen LogP contribution >= 0.6 is 0 Å². The molecule has 1 heterocycles. The van der Waals surface area contributed by atoms with Gasteiger partial charge in [0.2, 0.25) is 5.91 Å². The van der Waals surface area contributed by atoms with Crippen molar-refractivity contribution in [1.82, 2.24) is 15.1 Å². The third-order valence-electron chi connectivity index (χ3n) is 3.77. The van der Waals surface area contributed by atoms with Gasteiger partial charge in [-0.05, 0) is 12.8 Å². The van der Waals surface area contributed by atoms with Crippen LogP contribution in [0.5, 0.6) is 0 Å². The van der Waals surface area contributed by atoms with Crippen LogP contribution in [0.25, 0.3) is 0 Å². The standard InChI is InChI=1S/C13H23N3O3/c1-10(17)14-12(13(18)19-2)9-15-5-7-16(8-6-15)11-3-4-11/h11-12H,3-9H2,1-2H3,(H,14,17). The van der Waals surface area contributed by atoms with Crippen LogP contribution in [0.2, 0.25) is 0 Å². The minimum atomic E-state index is -0.560. The van der Waals surface area contributed by atoms with Gasteiger partial charge in [0, 0.05) is 45.7 Å². The van der Waals surface area contributed by atoms with Gasteiger partial charge < -0.3 is 10.1 Å². The molecule has 19 heavy (non-hydrogen) atoms. The fourth-order valence-corrected chi connectivity index (χ4v) is 2.58. The molecule has 1 aliphatic carbocycles. The molecule has 0 aromatic carbocycles. The van der Waals surface area contributed by atoms with E-state index in [0.717, 1.165) is 32.2 Å². The maximum Gasteiger partial charge on any atom is 0.329 e. The number of nitrogens with one attached hydrogen (secondary N) is 1. The molecule has 2 fully saturated rings. The number of esters is 1. The molecule has 108 valence electrons. The van der Waals surface area contributed by atoms with Gasteiger partial charge in [-0.25, -0.2) is 4.79 Å². The SMILES string of the molecule is COC(=O)C(CN1CCN(C2CC2)CC1)NC(C)=O. The molecule has 0 spiro atoms. The number of rotatable bonds is 5. The summed E-state index contributed by atoms with van der Waals surface area (Å²) in [6.45, 7) is 5.95. The average Bonchev–Trinajstić information content (AvgIpc) is 3.22. The van der Waals surface area contributed by atoms with Crippen LogP contribution in [0.4, 0.5) is 0 Å². The molecule has 1 amide bonds. The molecule has 0 radical (unpaired) electrons. The van der Waals surface area contributed by atoms with Crippen molar-refractivity contribution in [3.63, 3.8) is 0 Å². The van der Waals surface area contributed by atoms with Gasteiger partial charge in [-0.2, -0.15) is 0 Å². The number of hydrogen-bond donors (Lipinski definition) is 1. The van der Waals surface area contributed by atoms with Gasteiger partial charge >= 0.3 is 5.97 Å². The van der Waals surface area contributed by atoms with Gasteiger partial charge in [0.1, 0.15) is 6.04 Å². The zero-order chi connectivity index (χ0) is 13.8. The van der Waals surface area contributed by atoms with Gasteiger partial charge in [0.25, 0.3) is 0 Å². The van der Waals surface area contributed by atoms with Crippen molar-refractivity contribution in [2.75, 3.05) is 39.8 Å². The smallest absolute Gasteiger partial charge is 0.329 e. The van der Waals surface area contributed by atoms with Gasteiger partial charge in [0.15, 0.2) is 0 Å². The third-order valence-corrected chi connectivity index (χ3v) is 3.77. The fourth-order valence-electron chi connectivity index (χ4n) is 2.58. The number of nitrogens with zero attached hydrogens (tertiary/aromatic N) is 2. The predicted octanol–water partition coefficient (Wildman–Crippen LogP) is -0.556. The molecule has 1 saturated heterocycles. The first-order valence-electron chi connectivity index (χ1n) is 6.91. The Morgan fingerprint density at radius 3 is 2.37 bits per heavy atom. The molecule has 1 aliphatic heterocycles. The second-order valence-corrected chi connectivity index (χ2v) is 5.34. The lowest BCUT2D eigenvalue weighted by Gasteiger charge is -2.36. The highest BCUT2D eigenvalue weighted by molar-refractivity contribution is 5.83. The molecule has 1 atom stereocenters. The third kappa shape index (κ3) is 4.18. The van der Waals surface area contributed by atoms with Crippen LogP contribution in [-0.4, -0.2) is 73.6 Å². The molecule has 1 saturated carbocycles. The summed E-state index contributed by atoms with van der Waals surface area (Å²) in [7, 11) is 1.35. The number of carbonyl (C=O) groups excluding carboxylic acids is 2. The van der Waals surface area contributed by atoms with Crippen molar-refractivity contribution in [2.24, 2.45) is 0 Å². The Morgan fingerprint density at radius 2 is 1.89 bits per heavy atom. The van der Waals surface area contributed by atoms with Crippen molar-refractivity contribution >= 4 is 11.9 Å². The first-order valence-corrected chi connectivity index (χ1v) is 6.91. The van der Waals surface area contributed by atoms with Crippen molar-refractivity contribution < 1.29 is 14.3 Å². The highest BCUT2D eigenvalue weighted by atomic mass is 16.5. The van der Waals surface area contributed by atoms with Gasteiger partial charge in [-0.3, -0.25) is 14.6 Å². The minimum Gasteiger partial charge on any atom is -0.467 e. The fraction of sp³-hybridized carbons (Fsp3) is 0.846. The zero-order valence-electron chi connectivity index (χ0n) is 11.7. The second kappa shape index (κ2) is 6.34. The maximum atomic E-state index is 11.6. The number of methoxy groups -OCH3 is 1. The first kappa shape index (κ1) is 14.3. The molecule has 6 nitrogen and oxygen atoms in total. The topological polar surface area (TPSA) is 61.9 Å². The number of amides is 1. The van der Waals surface area contributed by atoms with E-state index in [2.05, 4.69) is 15.1 Å². The van der Waals surface area contributed by atoms with Crippen molar-refractivity contribution in [3.05, 3.63) is 0 Å². The Labute approximate surface area is 114 Å². The lowest BCUT2D eigenvalue weighted by Crippen LogP contribution is -2.54. The average molecular weight is 269 g/mol. The minimum absolute atomic E-state index is 0.202. The van der Waals surface area contributed by atoms with Crippen molar-refractivity contribution in [1.29, 1.82) is 0 Å². The molecule has 2 aliphatic rings. The molecule has 1 unspecified atom stereocenters. The molecule has 0 bridgehead atoms. The quantitative estimate of drug-likeness (QED) is 0.678. The Hall–Kier alpha value is -1.14. The highest BCUT2D eigenvalue weighted by Crippen LogP contribution is 2.27. The largest absolute Gasteiger partial charge is 0.467 e. The van der Waals surface area contributed by atoms with E-state index in [1.165, 1.54) is 26.9 Å². The molecule has 1 N–H and O–H groups in total. The van der Waals surface area contributed by atoms with E-state index in [4.69, 9.17) is 4.74 Å². The highest BCUT2D eigenvalue weighted by Gasteiger charge is 2.32. The van der Waals surface area contributed by atoms with E-state index in [1.54, 1.807) is 0 Å². The van der Waals surface area contributed by atoms with Gasteiger partial charge in [0.05, 0.1) is 7.11 Å². The van der Waals surface area contributed by atoms with E-state index in [0.29, 0.717) is 6.54 Å². The Morgan fingerprint density at radius 1 is 1.26 bits per heavy atom. The summed E-state index contributed by atoms with van der Waals surface area (Å²) in [5.74, 6) is -0.577. The van der Waals surface area contributed by atoms with Gasteiger partial charge in [-0.15, -0.1) is 0 Å². The van der Waals surface area contributed by atoms with Gasteiger partial charge in [-0.1, -0.05) is 0 Å². The molecule has 2 rings (SSSR count). The molecule has 0 aromatic rings. The summed E-state index contributed by atoms with van der Waals surface area (Å²) < 4.78 is 4.73. The zero-order valence-corrected chi connectivity index (χ0v) is 11.7. The first-order chi connectivity index (χ1) is 9.10. The van der Waals surface area contributed by atoms with Crippen LogP contribution in [-0.2, 0) is 14.3 Å². The summed E-state index contributed by atoms with van der Waals surface area (Å²) in [5.41, 5.74) is 0. The molecular formula is C13H23N3O3. The van der Waals surface area contributed by atoms with E-state index in [-0.39, 0.29) is 11.9 Å². The summed E-state index contributed by atoms with van der Waals surface area (Å²) in [5, 5.41) is 2.66. The number of piperazine rings is 1. The number of ether oxygens (including phenoxy) is 1. The summed E-state index contributed by atoms with van der Waals surface area (Å²) in [6, 6.07) is 0.240. The van der Waals surface area contributed by atoms with Crippen LogP contribution in [0.15, 0.2) is 0 Å².